The first-order valence-electron chi connectivity index (χ1n) is 4.82. The highest BCUT2D eigenvalue weighted by Crippen LogP contribution is 1.93. The molecule has 1 rings (SSSR count). The quantitative estimate of drug-likeness (QED) is 0.481. The lowest BCUT2D eigenvalue weighted by Crippen LogP contribution is -1.37. The van der Waals surface area contributed by atoms with Crippen LogP contribution in [0.3, 0.4) is 0 Å². The predicted octanol–water partition coefficient (Wildman–Crippen LogP) is 4.58. The average Bonchev–Trinajstić information content (AvgIpc) is 2.71. The zero-order chi connectivity index (χ0) is 9.54. The van der Waals surface area contributed by atoms with E-state index in [-0.39, 0.29) is 0 Å². The van der Waals surface area contributed by atoms with Crippen LogP contribution < -0.4 is 0 Å². The molecule has 0 bridgehead atoms. The summed E-state index contributed by atoms with van der Waals surface area (Å²) in [6.45, 7) is 12.0. The molecule has 0 amide bonds. The van der Waals surface area contributed by atoms with Gasteiger partial charge in [-0.05, 0) is 6.42 Å². The molecule has 0 aromatic carbocycles. The minimum Gasteiger partial charge on any atom is -0.0808 e. The van der Waals surface area contributed by atoms with Crippen LogP contribution in [0.2, 0.25) is 0 Å². The summed E-state index contributed by atoms with van der Waals surface area (Å²) < 4.78 is 0. The molecule has 1 aliphatic carbocycles. The normalized spacial score (nSPS) is 9.64. The van der Waals surface area contributed by atoms with Crippen molar-refractivity contribution in [3.63, 3.8) is 0 Å². The summed E-state index contributed by atoms with van der Waals surface area (Å²) in [5.74, 6) is 0. The SMILES string of the molecule is C1=CCC=C1.CC.CC.CC. The second kappa shape index (κ2) is 34.0. The smallest absolute Gasteiger partial charge is 0.0163 e. The van der Waals surface area contributed by atoms with Gasteiger partial charge in [-0.3, -0.25) is 0 Å². The topological polar surface area (TPSA) is 0 Å². The van der Waals surface area contributed by atoms with Gasteiger partial charge in [-0.1, -0.05) is 65.8 Å². The third kappa shape index (κ3) is 26.4. The Balaban J connectivity index is -0.0000000933. The second-order valence-corrected chi connectivity index (χ2v) is 1.09. The van der Waals surface area contributed by atoms with E-state index in [0.717, 1.165) is 6.42 Å². The first kappa shape index (κ1) is 16.8. The molecule has 0 aromatic rings. The van der Waals surface area contributed by atoms with Gasteiger partial charge in [-0.2, -0.15) is 0 Å². The summed E-state index contributed by atoms with van der Waals surface area (Å²) in [5, 5.41) is 0. The van der Waals surface area contributed by atoms with E-state index in [9.17, 15) is 0 Å². The van der Waals surface area contributed by atoms with Gasteiger partial charge in [0.2, 0.25) is 0 Å². The second-order valence-electron chi connectivity index (χ2n) is 1.09. The molecule has 0 spiro atoms. The first-order valence-corrected chi connectivity index (χ1v) is 4.82. The average molecular weight is 156 g/mol. The molecule has 0 heterocycles. The Kier molecular flexibility index (Phi) is 52.0. The van der Waals surface area contributed by atoms with Crippen LogP contribution >= 0.6 is 0 Å². The van der Waals surface area contributed by atoms with Gasteiger partial charge in [-0.25, -0.2) is 0 Å². The van der Waals surface area contributed by atoms with E-state index in [1.165, 1.54) is 0 Å². The molecule has 0 N–H and O–H groups in total. The Morgan fingerprint density at radius 2 is 0.909 bits per heavy atom. The van der Waals surface area contributed by atoms with Crippen molar-refractivity contribution in [3.8, 4) is 0 Å². The van der Waals surface area contributed by atoms with E-state index >= 15 is 0 Å². The van der Waals surface area contributed by atoms with E-state index in [1.807, 2.05) is 41.5 Å². The fourth-order valence-corrected chi connectivity index (χ4v) is 0.393. The van der Waals surface area contributed by atoms with Gasteiger partial charge in [0, 0.05) is 0 Å². The maximum absolute atomic E-state index is 2.12. The van der Waals surface area contributed by atoms with E-state index in [4.69, 9.17) is 0 Å². The highest BCUT2D eigenvalue weighted by Gasteiger charge is 1.72. The summed E-state index contributed by atoms with van der Waals surface area (Å²) >= 11 is 0. The van der Waals surface area contributed by atoms with Crippen LogP contribution in [0.1, 0.15) is 48.0 Å². The van der Waals surface area contributed by atoms with E-state index in [1.54, 1.807) is 0 Å². The summed E-state index contributed by atoms with van der Waals surface area (Å²) in [7, 11) is 0. The van der Waals surface area contributed by atoms with Crippen molar-refractivity contribution in [2.45, 2.75) is 48.0 Å². The molecule has 0 saturated carbocycles. The molecule has 0 nitrogen and oxygen atoms in total. The molecule has 0 aromatic heterocycles. The summed E-state index contributed by atoms with van der Waals surface area (Å²) in [4.78, 5) is 0. The highest BCUT2D eigenvalue weighted by molar-refractivity contribution is 5.11. The third-order valence-electron chi connectivity index (χ3n) is 0.655. The van der Waals surface area contributed by atoms with E-state index in [2.05, 4.69) is 24.3 Å². The van der Waals surface area contributed by atoms with Crippen LogP contribution in [0.4, 0.5) is 0 Å². The van der Waals surface area contributed by atoms with Crippen molar-refractivity contribution < 1.29 is 0 Å². The minimum absolute atomic E-state index is 1.14. The standard InChI is InChI=1S/C5H6.3C2H6/c1-2-4-5-3-1;3*1-2/h1-4H,5H2;3*1-2H3. The van der Waals surface area contributed by atoms with Crippen molar-refractivity contribution in [1.82, 2.24) is 0 Å². The lowest BCUT2D eigenvalue weighted by molar-refractivity contribution is 1.45. The predicted molar refractivity (Wildman–Crippen MR) is 56.9 cm³/mol. The summed E-state index contributed by atoms with van der Waals surface area (Å²) in [6.07, 6.45) is 9.50. The van der Waals surface area contributed by atoms with Gasteiger partial charge < -0.3 is 0 Å². The third-order valence-corrected chi connectivity index (χ3v) is 0.655. The Hall–Kier alpha value is -0.520. The van der Waals surface area contributed by atoms with Crippen LogP contribution in [0.15, 0.2) is 24.3 Å². The number of allylic oxidation sites excluding steroid dienone is 4. The first-order chi connectivity index (χ1) is 5.50. The van der Waals surface area contributed by atoms with Crippen molar-refractivity contribution in [1.29, 1.82) is 0 Å². The Labute approximate surface area is 73.0 Å². The molecule has 68 valence electrons. The zero-order valence-electron chi connectivity index (χ0n) is 9.02. The van der Waals surface area contributed by atoms with Gasteiger partial charge in [0.05, 0.1) is 0 Å². The van der Waals surface area contributed by atoms with Crippen molar-refractivity contribution in [2.24, 2.45) is 0 Å². The van der Waals surface area contributed by atoms with Gasteiger partial charge in [-0.15, -0.1) is 0 Å². The van der Waals surface area contributed by atoms with E-state index < -0.39 is 0 Å². The van der Waals surface area contributed by atoms with Crippen molar-refractivity contribution in [3.05, 3.63) is 24.3 Å². The van der Waals surface area contributed by atoms with Gasteiger partial charge >= 0.3 is 0 Å². The molecule has 0 aliphatic heterocycles. The Bertz CT molecular complexity index is 58.1. The molecule has 0 fully saturated rings. The van der Waals surface area contributed by atoms with Crippen LogP contribution in [-0.4, -0.2) is 0 Å². The maximum Gasteiger partial charge on any atom is -0.0163 e. The molecular weight excluding hydrogens is 132 g/mol. The molecule has 11 heavy (non-hydrogen) atoms. The fraction of sp³-hybridized carbons (Fsp3) is 0.636. The van der Waals surface area contributed by atoms with Crippen LogP contribution in [0.5, 0.6) is 0 Å². The lowest BCUT2D eigenvalue weighted by atomic mass is 10.5. The zero-order valence-corrected chi connectivity index (χ0v) is 9.02. The Morgan fingerprint density at radius 1 is 0.636 bits per heavy atom. The highest BCUT2D eigenvalue weighted by atomic mass is 13.8. The largest absolute Gasteiger partial charge is 0.0808 e. The monoisotopic (exact) mass is 156 g/mol. The van der Waals surface area contributed by atoms with Crippen LogP contribution in [0, 0.1) is 0 Å². The van der Waals surface area contributed by atoms with Crippen molar-refractivity contribution >= 4 is 0 Å². The summed E-state index contributed by atoms with van der Waals surface area (Å²) in [6, 6.07) is 0. The fourth-order valence-electron chi connectivity index (χ4n) is 0.393. The number of hydrogen-bond acceptors (Lipinski definition) is 0. The lowest BCUT2D eigenvalue weighted by Gasteiger charge is -1.57. The van der Waals surface area contributed by atoms with Crippen LogP contribution in [0.25, 0.3) is 0 Å². The maximum atomic E-state index is 2.12. The number of hydrogen-bond donors (Lipinski definition) is 0. The molecule has 0 radical (unpaired) electrons. The molecular formula is C11H24. The molecule has 0 atom stereocenters. The Morgan fingerprint density at radius 3 is 1.00 bits per heavy atom. The molecule has 0 heteroatoms. The van der Waals surface area contributed by atoms with Crippen LogP contribution in [-0.2, 0) is 0 Å². The molecule has 1 aliphatic rings. The summed E-state index contributed by atoms with van der Waals surface area (Å²) in [5.41, 5.74) is 0. The van der Waals surface area contributed by atoms with Crippen molar-refractivity contribution in [2.75, 3.05) is 0 Å². The molecule has 0 unspecified atom stereocenters. The van der Waals surface area contributed by atoms with Gasteiger partial charge in [0.15, 0.2) is 0 Å². The van der Waals surface area contributed by atoms with Gasteiger partial charge in [0.25, 0.3) is 0 Å². The minimum atomic E-state index is 1.14. The van der Waals surface area contributed by atoms with E-state index in [0.29, 0.717) is 0 Å². The molecule has 0 saturated heterocycles. The number of rotatable bonds is 0. The van der Waals surface area contributed by atoms with Gasteiger partial charge in [0.1, 0.15) is 0 Å².